The van der Waals surface area contributed by atoms with Crippen molar-refractivity contribution in [3.05, 3.63) is 59.7 Å². The van der Waals surface area contributed by atoms with Gasteiger partial charge in [0.25, 0.3) is 0 Å². The van der Waals surface area contributed by atoms with Crippen molar-refractivity contribution >= 4 is 27.7 Å². The molecule has 0 bridgehead atoms. The molecule has 0 unspecified atom stereocenters. The molecule has 0 radical (unpaired) electrons. The molecule has 8 heteroatoms. The lowest BCUT2D eigenvalue weighted by Gasteiger charge is -2.26. The normalized spacial score (nSPS) is 15.4. The number of nitrogens with zero attached hydrogens (tertiary/aromatic N) is 1. The molecule has 2 aromatic carbocycles. The van der Waals surface area contributed by atoms with Crippen molar-refractivity contribution in [2.75, 3.05) is 38.7 Å². The van der Waals surface area contributed by atoms with E-state index in [9.17, 15) is 13.2 Å². The molecule has 166 valence electrons. The van der Waals surface area contributed by atoms with Crippen molar-refractivity contribution in [3.63, 3.8) is 0 Å². The van der Waals surface area contributed by atoms with Crippen LogP contribution in [0.1, 0.15) is 30.9 Å². The zero-order chi connectivity index (χ0) is 22.4. The fraction of sp³-hybridized carbons (Fsp3) is 0.348. The van der Waals surface area contributed by atoms with Gasteiger partial charge in [-0.25, -0.2) is 8.42 Å². The molecule has 0 atom stereocenters. The Hall–Kier alpha value is -2.68. The van der Waals surface area contributed by atoms with Crippen LogP contribution in [0, 0.1) is 0 Å². The summed E-state index contributed by atoms with van der Waals surface area (Å²) < 4.78 is 38.1. The van der Waals surface area contributed by atoms with Gasteiger partial charge in [0.1, 0.15) is 10.6 Å². The van der Waals surface area contributed by atoms with E-state index in [1.165, 1.54) is 23.6 Å². The van der Waals surface area contributed by atoms with Crippen molar-refractivity contribution in [2.24, 2.45) is 0 Å². The van der Waals surface area contributed by atoms with E-state index in [0.29, 0.717) is 31.9 Å². The van der Waals surface area contributed by atoms with Crippen LogP contribution >= 0.6 is 0 Å². The summed E-state index contributed by atoms with van der Waals surface area (Å²) in [4.78, 5) is 12.5. The lowest BCUT2D eigenvalue weighted by atomic mass is 10.0. The molecule has 3 rings (SSSR count). The molecule has 0 saturated carbocycles. The van der Waals surface area contributed by atoms with E-state index in [4.69, 9.17) is 9.47 Å². The van der Waals surface area contributed by atoms with Crippen molar-refractivity contribution in [3.8, 4) is 5.75 Å². The summed E-state index contributed by atoms with van der Waals surface area (Å²) >= 11 is 0. The van der Waals surface area contributed by atoms with Crippen molar-refractivity contribution in [1.29, 1.82) is 0 Å². The minimum Gasteiger partial charge on any atom is -0.495 e. The Kier molecular flexibility index (Phi) is 7.48. The summed E-state index contributed by atoms with van der Waals surface area (Å²) in [7, 11) is -2.30. The van der Waals surface area contributed by atoms with Gasteiger partial charge in [0.15, 0.2) is 0 Å². The monoisotopic (exact) mass is 444 g/mol. The second kappa shape index (κ2) is 10.1. The Morgan fingerprint density at radius 1 is 1.16 bits per heavy atom. The smallest absolute Gasteiger partial charge is 0.248 e. The molecule has 1 N–H and O–H groups in total. The third kappa shape index (κ3) is 5.52. The standard InChI is InChI=1S/C23H28N2O5S/c1-17(2)19-6-4-5-7-20(19)24-23(26)11-9-18-8-10-21(29-3)22(16-18)31(27,28)25-12-14-30-15-13-25/h4-11,16-17H,12-15H2,1-3H3,(H,24,26)/b11-9+. The maximum absolute atomic E-state index is 13.1. The zero-order valence-electron chi connectivity index (χ0n) is 18.0. The number of hydrogen-bond acceptors (Lipinski definition) is 5. The molecule has 1 fully saturated rings. The van der Waals surface area contributed by atoms with Gasteiger partial charge in [-0.3, -0.25) is 4.79 Å². The van der Waals surface area contributed by atoms with Gasteiger partial charge in [0.2, 0.25) is 15.9 Å². The number of morpholine rings is 1. The van der Waals surface area contributed by atoms with Crippen molar-refractivity contribution < 1.29 is 22.7 Å². The molecule has 0 aliphatic carbocycles. The number of sulfonamides is 1. The molecule has 1 saturated heterocycles. The molecule has 31 heavy (non-hydrogen) atoms. The summed E-state index contributed by atoms with van der Waals surface area (Å²) in [5.74, 6) is 0.246. The highest BCUT2D eigenvalue weighted by Gasteiger charge is 2.29. The number of ether oxygens (including phenoxy) is 2. The maximum atomic E-state index is 13.1. The third-order valence-corrected chi connectivity index (χ3v) is 6.96. The van der Waals surface area contributed by atoms with E-state index in [-0.39, 0.29) is 22.5 Å². The van der Waals surface area contributed by atoms with Crippen molar-refractivity contribution in [1.82, 2.24) is 4.31 Å². The second-order valence-electron chi connectivity index (χ2n) is 7.49. The Morgan fingerprint density at radius 2 is 1.87 bits per heavy atom. The molecule has 0 spiro atoms. The number of benzene rings is 2. The van der Waals surface area contributed by atoms with Crippen LogP contribution in [0.4, 0.5) is 5.69 Å². The van der Waals surface area contributed by atoms with E-state index < -0.39 is 10.0 Å². The average Bonchev–Trinajstić information content (AvgIpc) is 2.78. The number of hydrogen-bond donors (Lipinski definition) is 1. The Morgan fingerprint density at radius 3 is 2.55 bits per heavy atom. The van der Waals surface area contributed by atoms with Gasteiger partial charge in [0.05, 0.1) is 20.3 Å². The summed E-state index contributed by atoms with van der Waals surface area (Å²) in [6, 6.07) is 12.5. The van der Waals surface area contributed by atoms with Gasteiger partial charge in [-0.1, -0.05) is 38.1 Å². The first kappa shape index (κ1) is 23.0. The number of anilines is 1. The van der Waals surface area contributed by atoms with E-state index in [0.717, 1.165) is 11.3 Å². The number of carbonyl (C=O) groups is 1. The number of rotatable bonds is 7. The molecule has 0 aromatic heterocycles. The van der Waals surface area contributed by atoms with Crippen LogP contribution in [-0.4, -0.2) is 52.0 Å². The number of amides is 1. The lowest BCUT2D eigenvalue weighted by Crippen LogP contribution is -2.40. The predicted molar refractivity (Wildman–Crippen MR) is 121 cm³/mol. The largest absolute Gasteiger partial charge is 0.495 e. The van der Waals surface area contributed by atoms with Gasteiger partial charge >= 0.3 is 0 Å². The van der Waals surface area contributed by atoms with E-state index >= 15 is 0 Å². The minimum atomic E-state index is -3.74. The minimum absolute atomic E-state index is 0.0737. The van der Waals surface area contributed by atoms with Crippen LogP contribution in [0.15, 0.2) is 53.4 Å². The Labute approximate surface area is 183 Å². The number of para-hydroxylation sites is 1. The van der Waals surface area contributed by atoms with Gasteiger partial charge in [0, 0.05) is 24.9 Å². The zero-order valence-corrected chi connectivity index (χ0v) is 18.8. The second-order valence-corrected chi connectivity index (χ2v) is 9.40. The van der Waals surface area contributed by atoms with E-state index in [2.05, 4.69) is 19.2 Å². The summed E-state index contributed by atoms with van der Waals surface area (Å²) in [5, 5.41) is 2.89. The third-order valence-electron chi connectivity index (χ3n) is 5.04. The Balaban J connectivity index is 1.81. The maximum Gasteiger partial charge on any atom is 0.248 e. The molecule has 2 aromatic rings. The van der Waals surface area contributed by atoms with Crippen LogP contribution in [0.5, 0.6) is 5.75 Å². The van der Waals surface area contributed by atoms with Gasteiger partial charge in [-0.05, 0) is 41.3 Å². The number of methoxy groups -OCH3 is 1. The first-order valence-electron chi connectivity index (χ1n) is 10.2. The molecular formula is C23H28N2O5S. The van der Waals surface area contributed by atoms with Gasteiger partial charge in [-0.15, -0.1) is 0 Å². The van der Waals surface area contributed by atoms with Crippen molar-refractivity contribution in [2.45, 2.75) is 24.7 Å². The summed E-state index contributed by atoms with van der Waals surface area (Å²) in [6.45, 7) is 5.44. The van der Waals surface area contributed by atoms with Crippen LogP contribution in [-0.2, 0) is 19.6 Å². The van der Waals surface area contributed by atoms with Gasteiger partial charge < -0.3 is 14.8 Å². The molecule has 1 aliphatic heterocycles. The molecule has 7 nitrogen and oxygen atoms in total. The van der Waals surface area contributed by atoms with Gasteiger partial charge in [-0.2, -0.15) is 4.31 Å². The summed E-state index contributed by atoms with van der Waals surface area (Å²) in [5.41, 5.74) is 2.39. The highest BCUT2D eigenvalue weighted by Crippen LogP contribution is 2.29. The first-order chi connectivity index (χ1) is 14.8. The fourth-order valence-electron chi connectivity index (χ4n) is 3.39. The van der Waals surface area contributed by atoms with Crippen LogP contribution < -0.4 is 10.1 Å². The first-order valence-corrected chi connectivity index (χ1v) is 11.6. The van der Waals surface area contributed by atoms with Crippen LogP contribution in [0.3, 0.4) is 0 Å². The lowest BCUT2D eigenvalue weighted by molar-refractivity contribution is -0.111. The van der Waals surface area contributed by atoms with Crippen LogP contribution in [0.2, 0.25) is 0 Å². The molecule has 1 aliphatic rings. The van der Waals surface area contributed by atoms with E-state index in [1.54, 1.807) is 18.2 Å². The summed E-state index contributed by atoms with van der Waals surface area (Å²) in [6.07, 6.45) is 2.98. The highest BCUT2D eigenvalue weighted by molar-refractivity contribution is 7.89. The predicted octanol–water partition coefficient (Wildman–Crippen LogP) is 3.49. The number of carbonyl (C=O) groups excluding carboxylic acids is 1. The number of nitrogens with one attached hydrogen (secondary N) is 1. The molecular weight excluding hydrogens is 416 g/mol. The molecule has 1 amide bonds. The average molecular weight is 445 g/mol. The quantitative estimate of drug-likeness (QED) is 0.661. The SMILES string of the molecule is COc1ccc(/C=C/C(=O)Nc2ccccc2C(C)C)cc1S(=O)(=O)N1CCOCC1. The highest BCUT2D eigenvalue weighted by atomic mass is 32.2. The van der Waals surface area contributed by atoms with Crippen LogP contribution in [0.25, 0.3) is 6.08 Å². The van der Waals surface area contributed by atoms with E-state index in [1.807, 2.05) is 24.3 Å². The molecule has 1 heterocycles. The Bertz CT molecular complexity index is 1060. The topological polar surface area (TPSA) is 84.9 Å². The fourth-order valence-corrected chi connectivity index (χ4v) is 4.98.